The molecule has 2 heterocycles. The van der Waals surface area contributed by atoms with Crippen LogP contribution in [-0.4, -0.2) is 61.8 Å². The molecule has 25 heavy (non-hydrogen) atoms. The van der Waals surface area contributed by atoms with Crippen molar-refractivity contribution >= 4 is 27.3 Å². The minimum absolute atomic E-state index is 0.00534. The van der Waals surface area contributed by atoms with Crippen LogP contribution in [0.15, 0.2) is 21.7 Å². The third-order valence-electron chi connectivity index (χ3n) is 4.57. The van der Waals surface area contributed by atoms with Gasteiger partial charge in [-0.2, -0.15) is 9.57 Å². The number of sulfonamides is 1. The maximum atomic E-state index is 12.5. The summed E-state index contributed by atoms with van der Waals surface area (Å²) in [4.78, 5) is 14.1. The quantitative estimate of drug-likeness (QED) is 0.793. The second-order valence-electron chi connectivity index (χ2n) is 6.63. The summed E-state index contributed by atoms with van der Waals surface area (Å²) < 4.78 is 26.8. The van der Waals surface area contributed by atoms with E-state index in [1.807, 2.05) is 18.7 Å². The van der Waals surface area contributed by atoms with Crippen molar-refractivity contribution in [1.82, 2.24) is 14.5 Å². The SMILES string of the molecule is CC(C)[C@](C)(C#N)NC(=O)CN1CCN(S(=O)(=O)c2cccs2)CC1. The zero-order valence-corrected chi connectivity index (χ0v) is 16.4. The molecule has 0 saturated carbocycles. The number of carbonyl (C=O) groups is 1. The standard InChI is InChI=1S/C16H24N4O3S2/c1-13(2)16(3,12-17)18-14(21)11-19-6-8-20(9-7-19)25(22,23)15-5-4-10-24-15/h4-5,10,13H,6-9,11H2,1-3H3,(H,18,21)/t16-/m0/s1. The highest BCUT2D eigenvalue weighted by Crippen LogP contribution is 2.22. The third kappa shape index (κ3) is 4.58. The number of carbonyl (C=O) groups excluding carboxylic acids is 1. The van der Waals surface area contributed by atoms with E-state index in [0.29, 0.717) is 30.4 Å². The summed E-state index contributed by atoms with van der Waals surface area (Å²) in [5, 5.41) is 13.8. The maximum Gasteiger partial charge on any atom is 0.252 e. The van der Waals surface area contributed by atoms with Crippen molar-refractivity contribution in [1.29, 1.82) is 5.26 Å². The summed E-state index contributed by atoms with van der Waals surface area (Å²) in [6.07, 6.45) is 0. The van der Waals surface area contributed by atoms with Crippen LogP contribution in [0.1, 0.15) is 20.8 Å². The van der Waals surface area contributed by atoms with Crippen molar-refractivity contribution in [3.8, 4) is 6.07 Å². The molecule has 1 fully saturated rings. The largest absolute Gasteiger partial charge is 0.337 e. The highest BCUT2D eigenvalue weighted by Gasteiger charge is 2.32. The van der Waals surface area contributed by atoms with Gasteiger partial charge in [0.2, 0.25) is 5.91 Å². The Hall–Kier alpha value is -1.47. The molecule has 1 aromatic heterocycles. The van der Waals surface area contributed by atoms with Crippen molar-refractivity contribution in [3.63, 3.8) is 0 Å². The number of rotatable bonds is 6. The highest BCUT2D eigenvalue weighted by molar-refractivity contribution is 7.91. The smallest absolute Gasteiger partial charge is 0.252 e. The lowest BCUT2D eigenvalue weighted by Gasteiger charge is -2.34. The van der Waals surface area contributed by atoms with Crippen LogP contribution in [0.5, 0.6) is 0 Å². The van der Waals surface area contributed by atoms with Crippen LogP contribution in [0, 0.1) is 17.2 Å². The van der Waals surface area contributed by atoms with E-state index in [2.05, 4.69) is 11.4 Å². The van der Waals surface area contributed by atoms with Gasteiger partial charge in [0.25, 0.3) is 10.0 Å². The molecule has 138 valence electrons. The molecule has 1 aliphatic rings. The Labute approximate surface area is 153 Å². The third-order valence-corrected chi connectivity index (χ3v) is 7.85. The Morgan fingerprint density at radius 1 is 1.40 bits per heavy atom. The number of nitrogens with zero attached hydrogens (tertiary/aromatic N) is 3. The zero-order valence-electron chi connectivity index (χ0n) is 14.7. The van der Waals surface area contributed by atoms with Gasteiger partial charge in [0.15, 0.2) is 0 Å². The predicted molar refractivity (Wildman–Crippen MR) is 96.5 cm³/mol. The molecule has 1 aliphatic heterocycles. The molecule has 0 unspecified atom stereocenters. The Balaban J connectivity index is 1.89. The Morgan fingerprint density at radius 3 is 2.52 bits per heavy atom. The Kier molecular flexibility index (Phi) is 6.21. The zero-order chi connectivity index (χ0) is 18.7. The number of piperazine rings is 1. The Bertz CT molecular complexity index is 732. The first kappa shape index (κ1) is 19.8. The maximum absolute atomic E-state index is 12.5. The normalized spacial score (nSPS) is 19.3. The summed E-state index contributed by atoms with van der Waals surface area (Å²) in [5.41, 5.74) is -0.901. The lowest BCUT2D eigenvalue weighted by molar-refractivity contribution is -0.124. The molecule has 1 atom stereocenters. The van der Waals surface area contributed by atoms with Crippen molar-refractivity contribution in [2.75, 3.05) is 32.7 Å². The minimum atomic E-state index is -3.43. The lowest BCUT2D eigenvalue weighted by atomic mass is 9.90. The fraction of sp³-hybridized carbons (Fsp3) is 0.625. The molecule has 1 aromatic rings. The van der Waals surface area contributed by atoms with Crippen LogP contribution in [0.3, 0.4) is 0 Å². The topological polar surface area (TPSA) is 93.5 Å². The molecule has 1 amide bonds. The molecule has 0 radical (unpaired) electrons. The van der Waals surface area contributed by atoms with E-state index in [-0.39, 0.29) is 18.4 Å². The highest BCUT2D eigenvalue weighted by atomic mass is 32.2. The van der Waals surface area contributed by atoms with E-state index in [4.69, 9.17) is 0 Å². The van der Waals surface area contributed by atoms with E-state index in [9.17, 15) is 18.5 Å². The summed E-state index contributed by atoms with van der Waals surface area (Å²) in [5.74, 6) is -0.221. The van der Waals surface area contributed by atoms with Crippen LogP contribution < -0.4 is 5.32 Å². The monoisotopic (exact) mass is 384 g/mol. The first-order valence-electron chi connectivity index (χ1n) is 8.17. The summed E-state index contributed by atoms with van der Waals surface area (Å²) >= 11 is 1.21. The van der Waals surface area contributed by atoms with E-state index in [0.717, 1.165) is 0 Å². The van der Waals surface area contributed by atoms with Crippen molar-refractivity contribution < 1.29 is 13.2 Å². The fourth-order valence-electron chi connectivity index (χ4n) is 2.50. The minimum Gasteiger partial charge on any atom is -0.337 e. The van der Waals surface area contributed by atoms with Crippen molar-refractivity contribution in [2.45, 2.75) is 30.5 Å². The van der Waals surface area contributed by atoms with Gasteiger partial charge < -0.3 is 5.32 Å². The van der Waals surface area contributed by atoms with Gasteiger partial charge in [-0.1, -0.05) is 19.9 Å². The van der Waals surface area contributed by atoms with Crippen molar-refractivity contribution in [3.05, 3.63) is 17.5 Å². The van der Waals surface area contributed by atoms with Gasteiger partial charge in [-0.05, 0) is 24.3 Å². The molecule has 0 spiro atoms. The van der Waals surface area contributed by atoms with Gasteiger partial charge in [0, 0.05) is 26.2 Å². The van der Waals surface area contributed by atoms with E-state index in [1.54, 1.807) is 24.4 Å². The molecule has 2 rings (SSSR count). The molecule has 1 saturated heterocycles. The number of thiophene rings is 1. The first-order valence-corrected chi connectivity index (χ1v) is 10.5. The number of nitriles is 1. The molecule has 7 nitrogen and oxygen atoms in total. The summed E-state index contributed by atoms with van der Waals surface area (Å²) in [7, 11) is -3.43. The summed E-state index contributed by atoms with van der Waals surface area (Å²) in [6.45, 7) is 7.33. The fourth-order valence-corrected chi connectivity index (χ4v) is 5.07. The number of hydrogen-bond acceptors (Lipinski definition) is 6. The summed E-state index contributed by atoms with van der Waals surface area (Å²) in [6, 6.07) is 5.48. The van der Waals surface area contributed by atoms with E-state index < -0.39 is 15.6 Å². The molecular weight excluding hydrogens is 360 g/mol. The number of nitrogens with one attached hydrogen (secondary N) is 1. The molecular formula is C16H24N4O3S2. The molecule has 1 N–H and O–H groups in total. The average molecular weight is 385 g/mol. The molecule has 0 bridgehead atoms. The lowest BCUT2D eigenvalue weighted by Crippen LogP contribution is -2.55. The number of amides is 1. The van der Waals surface area contributed by atoms with Gasteiger partial charge in [-0.15, -0.1) is 11.3 Å². The van der Waals surface area contributed by atoms with Crippen LogP contribution in [-0.2, 0) is 14.8 Å². The average Bonchev–Trinajstić information content (AvgIpc) is 3.10. The molecule has 0 aromatic carbocycles. The predicted octanol–water partition coefficient (Wildman–Crippen LogP) is 1.11. The molecule has 9 heteroatoms. The van der Waals surface area contributed by atoms with Gasteiger partial charge in [0.1, 0.15) is 9.75 Å². The van der Waals surface area contributed by atoms with Crippen LogP contribution in [0.2, 0.25) is 0 Å². The van der Waals surface area contributed by atoms with Crippen molar-refractivity contribution in [2.24, 2.45) is 5.92 Å². The molecule has 0 aliphatic carbocycles. The van der Waals surface area contributed by atoms with Gasteiger partial charge in [-0.25, -0.2) is 8.42 Å². The second kappa shape index (κ2) is 7.83. The van der Waals surface area contributed by atoms with Gasteiger partial charge in [-0.3, -0.25) is 9.69 Å². The van der Waals surface area contributed by atoms with Gasteiger partial charge in [0.05, 0.1) is 12.6 Å². The van der Waals surface area contributed by atoms with E-state index in [1.165, 1.54) is 15.6 Å². The van der Waals surface area contributed by atoms with Gasteiger partial charge >= 0.3 is 0 Å². The second-order valence-corrected chi connectivity index (χ2v) is 9.74. The van der Waals surface area contributed by atoms with Crippen LogP contribution >= 0.6 is 11.3 Å². The Morgan fingerprint density at radius 2 is 2.04 bits per heavy atom. The van der Waals surface area contributed by atoms with Crippen LogP contribution in [0.4, 0.5) is 0 Å². The number of hydrogen-bond donors (Lipinski definition) is 1. The van der Waals surface area contributed by atoms with Crippen LogP contribution in [0.25, 0.3) is 0 Å². The van der Waals surface area contributed by atoms with E-state index >= 15 is 0 Å². The first-order chi connectivity index (χ1) is 11.7.